The summed E-state index contributed by atoms with van der Waals surface area (Å²) in [6.07, 6.45) is 2.43. The maximum absolute atomic E-state index is 13.2. The van der Waals surface area contributed by atoms with Gasteiger partial charge < -0.3 is 8.92 Å². The fourth-order valence-electron chi connectivity index (χ4n) is 2.49. The maximum atomic E-state index is 13.2. The molecule has 0 bridgehead atoms. The van der Waals surface area contributed by atoms with Crippen LogP contribution in [0.2, 0.25) is 5.02 Å². The molecule has 0 saturated carbocycles. The molecular weight excluding hydrogens is 461 g/mol. The Kier molecular flexibility index (Phi) is 6.18. The highest BCUT2D eigenvalue weighted by atomic mass is 35.5. The number of ether oxygens (including phenoxy) is 1. The monoisotopic (exact) mass is 473 g/mol. The average molecular weight is 474 g/mol. The fourth-order valence-corrected chi connectivity index (χ4v) is 4.56. The zero-order valence-corrected chi connectivity index (χ0v) is 18.2. The van der Waals surface area contributed by atoms with Crippen molar-refractivity contribution in [1.82, 2.24) is 0 Å². The summed E-state index contributed by atoms with van der Waals surface area (Å²) in [6.45, 7) is 0. The summed E-state index contributed by atoms with van der Waals surface area (Å²) in [7, 11) is -2.48. The molecule has 0 radical (unpaired) electrons. The summed E-state index contributed by atoms with van der Waals surface area (Å²) in [6, 6.07) is 8.32. The van der Waals surface area contributed by atoms with Gasteiger partial charge in [-0.2, -0.15) is 8.42 Å². The molecule has 0 aromatic heterocycles. The summed E-state index contributed by atoms with van der Waals surface area (Å²) in [5.41, 5.74) is 0.928. The molecule has 1 amide bonds. The highest BCUT2D eigenvalue weighted by Crippen LogP contribution is 2.40. The lowest BCUT2D eigenvalue weighted by atomic mass is 10.1. The number of nitrogens with zero attached hydrogens (tertiary/aromatic N) is 1. The molecule has 29 heavy (non-hydrogen) atoms. The quantitative estimate of drug-likeness (QED) is 0.365. The minimum atomic E-state index is -3.81. The molecule has 3 rings (SSSR count). The Morgan fingerprint density at radius 3 is 2.48 bits per heavy atom. The molecule has 1 saturated heterocycles. The van der Waals surface area contributed by atoms with Crippen molar-refractivity contribution in [3.05, 3.63) is 57.7 Å². The Bertz CT molecular complexity index is 1130. The van der Waals surface area contributed by atoms with Gasteiger partial charge in [-0.25, -0.2) is 4.39 Å². The number of rotatable bonds is 5. The molecule has 0 spiro atoms. The van der Waals surface area contributed by atoms with E-state index in [1.165, 1.54) is 48.4 Å². The van der Waals surface area contributed by atoms with E-state index < -0.39 is 15.9 Å². The van der Waals surface area contributed by atoms with Crippen molar-refractivity contribution in [3.8, 4) is 11.5 Å². The molecule has 1 aliphatic heterocycles. The molecule has 0 unspecified atom stereocenters. The van der Waals surface area contributed by atoms with Crippen LogP contribution in [0.15, 0.2) is 41.3 Å². The summed E-state index contributed by atoms with van der Waals surface area (Å²) in [5.74, 6) is -0.859. The van der Waals surface area contributed by atoms with Crippen molar-refractivity contribution < 1.29 is 26.5 Å². The van der Waals surface area contributed by atoms with Crippen LogP contribution in [-0.2, 0) is 14.9 Å². The second-order valence-corrected chi connectivity index (χ2v) is 9.47. The molecule has 0 aliphatic carbocycles. The topological polar surface area (TPSA) is 72.9 Å². The second kappa shape index (κ2) is 8.31. The van der Waals surface area contributed by atoms with Crippen LogP contribution in [0, 0.1) is 5.82 Å². The van der Waals surface area contributed by atoms with E-state index in [-0.39, 0.29) is 22.4 Å². The van der Waals surface area contributed by atoms with Crippen molar-refractivity contribution >= 4 is 67.7 Å². The highest BCUT2D eigenvalue weighted by Gasteiger charge is 2.33. The number of amides is 1. The van der Waals surface area contributed by atoms with Gasteiger partial charge in [-0.05, 0) is 48.0 Å². The smallest absolute Gasteiger partial charge is 0.306 e. The Hall–Kier alpha value is -2.14. The van der Waals surface area contributed by atoms with Crippen molar-refractivity contribution in [2.75, 3.05) is 18.3 Å². The minimum Gasteiger partial charge on any atom is -0.493 e. The van der Waals surface area contributed by atoms with E-state index in [9.17, 15) is 17.6 Å². The third kappa shape index (κ3) is 4.89. The molecule has 0 atom stereocenters. The summed E-state index contributed by atoms with van der Waals surface area (Å²) in [4.78, 5) is 14.4. The van der Waals surface area contributed by atoms with Crippen molar-refractivity contribution in [1.29, 1.82) is 0 Å². The van der Waals surface area contributed by atoms with Crippen LogP contribution in [0.4, 0.5) is 10.1 Å². The van der Waals surface area contributed by atoms with Crippen LogP contribution in [-0.4, -0.2) is 32.0 Å². The lowest BCUT2D eigenvalue weighted by Crippen LogP contribution is -2.27. The first-order chi connectivity index (χ1) is 13.6. The molecule has 2 aromatic rings. The van der Waals surface area contributed by atoms with E-state index in [0.717, 1.165) is 18.0 Å². The Morgan fingerprint density at radius 2 is 1.90 bits per heavy atom. The van der Waals surface area contributed by atoms with Gasteiger partial charge in [0.2, 0.25) is 5.75 Å². The van der Waals surface area contributed by atoms with E-state index in [1.54, 1.807) is 6.08 Å². The van der Waals surface area contributed by atoms with Crippen LogP contribution in [0.5, 0.6) is 11.5 Å². The van der Waals surface area contributed by atoms with Gasteiger partial charge in [-0.1, -0.05) is 35.6 Å². The van der Waals surface area contributed by atoms with Gasteiger partial charge in [0.1, 0.15) is 5.82 Å². The fraction of sp³-hybridized carbons (Fsp3) is 0.111. The highest BCUT2D eigenvalue weighted by molar-refractivity contribution is 8.27. The lowest BCUT2D eigenvalue weighted by Gasteiger charge is -2.14. The van der Waals surface area contributed by atoms with Crippen LogP contribution in [0.25, 0.3) is 6.08 Å². The molecule has 1 aliphatic rings. The van der Waals surface area contributed by atoms with Crippen LogP contribution in [0.3, 0.4) is 0 Å². The number of thioether (sulfide) groups is 1. The number of benzene rings is 2. The lowest BCUT2D eigenvalue weighted by molar-refractivity contribution is -0.113. The third-order valence-electron chi connectivity index (χ3n) is 3.66. The van der Waals surface area contributed by atoms with Crippen molar-refractivity contribution in [2.24, 2.45) is 0 Å². The number of halogens is 2. The van der Waals surface area contributed by atoms with Gasteiger partial charge >= 0.3 is 10.1 Å². The molecular formula is C18H13ClFNO5S3. The van der Waals surface area contributed by atoms with Gasteiger partial charge in [-0.15, -0.1) is 0 Å². The summed E-state index contributed by atoms with van der Waals surface area (Å²) < 4.78 is 46.3. The van der Waals surface area contributed by atoms with E-state index in [0.29, 0.717) is 20.5 Å². The van der Waals surface area contributed by atoms with E-state index >= 15 is 0 Å². The normalized spacial score (nSPS) is 15.9. The van der Waals surface area contributed by atoms with Crippen LogP contribution >= 0.6 is 35.6 Å². The van der Waals surface area contributed by atoms with Gasteiger partial charge in [-0.3, -0.25) is 9.69 Å². The molecule has 11 heteroatoms. The maximum Gasteiger partial charge on any atom is 0.306 e. The minimum absolute atomic E-state index is 0.00459. The third-order valence-corrected chi connectivity index (χ3v) is 5.72. The first-order valence-corrected chi connectivity index (χ1v) is 11.3. The summed E-state index contributed by atoms with van der Waals surface area (Å²) in [5, 5.41) is -0.00459. The van der Waals surface area contributed by atoms with Crippen LogP contribution < -0.4 is 13.8 Å². The Labute approximate surface area is 181 Å². The number of anilines is 1. The number of thiocarbonyl (C=S) groups is 1. The molecule has 6 nitrogen and oxygen atoms in total. The van der Waals surface area contributed by atoms with Crippen molar-refractivity contribution in [2.45, 2.75) is 0 Å². The van der Waals surface area contributed by atoms with Gasteiger partial charge in [0.25, 0.3) is 5.91 Å². The number of hydrogen-bond donors (Lipinski definition) is 0. The van der Waals surface area contributed by atoms with Gasteiger partial charge in [0.15, 0.2) is 10.1 Å². The van der Waals surface area contributed by atoms with E-state index in [4.69, 9.17) is 32.7 Å². The number of carbonyl (C=O) groups is 1. The predicted octanol–water partition coefficient (Wildman–Crippen LogP) is 4.23. The molecule has 1 heterocycles. The number of carbonyl (C=O) groups excluding carboxylic acids is 1. The van der Waals surface area contributed by atoms with E-state index in [2.05, 4.69) is 0 Å². The summed E-state index contributed by atoms with van der Waals surface area (Å²) >= 11 is 12.5. The zero-order valence-electron chi connectivity index (χ0n) is 15.0. The van der Waals surface area contributed by atoms with Crippen LogP contribution in [0.1, 0.15) is 5.56 Å². The van der Waals surface area contributed by atoms with Gasteiger partial charge in [0, 0.05) is 0 Å². The molecule has 152 valence electrons. The SMILES string of the molecule is COc1cc(C=C2SC(=S)N(c3ccc(F)cc3)C2=O)cc(Cl)c1OS(C)(=O)=O. The largest absolute Gasteiger partial charge is 0.493 e. The van der Waals surface area contributed by atoms with Gasteiger partial charge in [0.05, 0.1) is 29.0 Å². The second-order valence-electron chi connectivity index (χ2n) is 5.82. The number of hydrogen-bond acceptors (Lipinski definition) is 7. The van der Waals surface area contributed by atoms with Crippen molar-refractivity contribution in [3.63, 3.8) is 0 Å². The first-order valence-electron chi connectivity index (χ1n) is 7.89. The predicted molar refractivity (Wildman–Crippen MR) is 116 cm³/mol. The molecule has 0 N–H and O–H groups in total. The Morgan fingerprint density at radius 1 is 1.24 bits per heavy atom. The standard InChI is InChI=1S/C18H13ClFNO5S3/c1-25-14-8-10(7-13(19)16(14)26-29(2,23)24)9-15-17(22)21(18(27)28-15)12-5-3-11(20)4-6-12/h3-9H,1-2H3. The van der Waals surface area contributed by atoms with E-state index in [1.807, 2.05) is 0 Å². The average Bonchev–Trinajstić information content (AvgIpc) is 2.90. The molecule has 1 fully saturated rings. The molecule has 2 aromatic carbocycles. The Balaban J connectivity index is 1.96. The zero-order chi connectivity index (χ0) is 21.3. The first kappa shape index (κ1) is 21.6. The number of methoxy groups -OCH3 is 1.